The molecule has 1 aromatic rings. The number of amides is 1. The molecular weight excluding hydrogens is 299 g/mol. The van der Waals surface area contributed by atoms with E-state index in [0.29, 0.717) is 16.7 Å². The Labute approximate surface area is 135 Å². The fraction of sp³-hybridized carbons (Fsp3) is 0.412. The van der Waals surface area contributed by atoms with Crippen LogP contribution in [0, 0.1) is 11.7 Å². The van der Waals surface area contributed by atoms with Crippen LogP contribution in [-0.4, -0.2) is 22.5 Å². The molecule has 0 unspecified atom stereocenters. The number of halogens is 1. The summed E-state index contributed by atoms with van der Waals surface area (Å²) in [7, 11) is 0. The summed E-state index contributed by atoms with van der Waals surface area (Å²) in [5.41, 5.74) is 1.35. The third kappa shape index (κ3) is 3.35. The molecule has 1 heterocycles. The van der Waals surface area contributed by atoms with Crippen molar-refractivity contribution in [3.05, 3.63) is 41.3 Å². The van der Waals surface area contributed by atoms with E-state index < -0.39 is 0 Å². The van der Waals surface area contributed by atoms with Gasteiger partial charge in [-0.1, -0.05) is 31.4 Å². The quantitative estimate of drug-likeness (QED) is 0.684. The van der Waals surface area contributed by atoms with Crippen molar-refractivity contribution in [3.8, 4) is 0 Å². The molecule has 5 heteroatoms. The van der Waals surface area contributed by atoms with E-state index in [4.69, 9.17) is 12.2 Å². The Hall–Kier alpha value is -1.75. The molecule has 1 aliphatic carbocycles. The highest BCUT2D eigenvalue weighted by Gasteiger charge is 2.32. The maximum atomic E-state index is 13.0. The monoisotopic (exact) mass is 318 g/mol. The van der Waals surface area contributed by atoms with Crippen molar-refractivity contribution in [1.29, 1.82) is 0 Å². The molecule has 3 nitrogen and oxygen atoms in total. The normalized spacial score (nSPS) is 21.5. The van der Waals surface area contributed by atoms with Crippen molar-refractivity contribution in [3.63, 3.8) is 0 Å². The summed E-state index contributed by atoms with van der Waals surface area (Å²) < 4.78 is 13.0. The van der Waals surface area contributed by atoms with Gasteiger partial charge in [-0.05, 0) is 54.7 Å². The van der Waals surface area contributed by atoms with E-state index in [0.717, 1.165) is 12.1 Å². The van der Waals surface area contributed by atoms with Crippen LogP contribution < -0.4 is 5.32 Å². The van der Waals surface area contributed by atoms with Gasteiger partial charge in [0, 0.05) is 6.54 Å². The summed E-state index contributed by atoms with van der Waals surface area (Å²) >= 11 is 5.29. The van der Waals surface area contributed by atoms with E-state index in [-0.39, 0.29) is 11.7 Å². The lowest BCUT2D eigenvalue weighted by molar-refractivity contribution is -0.115. The van der Waals surface area contributed by atoms with Crippen LogP contribution in [0.15, 0.2) is 30.0 Å². The first-order valence-corrected chi connectivity index (χ1v) is 8.14. The maximum absolute atomic E-state index is 13.0. The van der Waals surface area contributed by atoms with Crippen molar-refractivity contribution < 1.29 is 9.18 Å². The van der Waals surface area contributed by atoms with Gasteiger partial charge in [-0.15, -0.1) is 0 Å². The fourth-order valence-electron chi connectivity index (χ4n) is 3.13. The largest absolute Gasteiger partial charge is 0.314 e. The first-order valence-electron chi connectivity index (χ1n) is 7.73. The number of hydrogen-bond acceptors (Lipinski definition) is 2. The van der Waals surface area contributed by atoms with Gasteiger partial charge in [-0.25, -0.2) is 4.39 Å². The van der Waals surface area contributed by atoms with E-state index >= 15 is 0 Å². The molecule has 2 fully saturated rings. The molecule has 0 atom stereocenters. The molecule has 1 aliphatic heterocycles. The highest BCUT2D eigenvalue weighted by molar-refractivity contribution is 7.80. The second-order valence-corrected chi connectivity index (χ2v) is 6.34. The Bertz CT molecular complexity index is 606. The van der Waals surface area contributed by atoms with Crippen molar-refractivity contribution in [2.45, 2.75) is 32.1 Å². The molecule has 1 saturated heterocycles. The van der Waals surface area contributed by atoms with E-state index in [1.54, 1.807) is 18.2 Å². The lowest BCUT2D eigenvalue weighted by Gasteiger charge is -2.27. The Morgan fingerprint density at radius 1 is 1.23 bits per heavy atom. The Morgan fingerprint density at radius 3 is 2.59 bits per heavy atom. The predicted molar refractivity (Wildman–Crippen MR) is 88.4 cm³/mol. The second-order valence-electron chi connectivity index (χ2n) is 5.96. The smallest absolute Gasteiger partial charge is 0.274 e. The molecule has 3 rings (SSSR count). The highest BCUT2D eigenvalue weighted by atomic mass is 32.1. The lowest BCUT2D eigenvalue weighted by Crippen LogP contribution is -2.32. The number of nitrogens with one attached hydrogen (secondary N) is 1. The minimum atomic E-state index is -0.285. The number of hydrogen-bond donors (Lipinski definition) is 1. The second kappa shape index (κ2) is 6.57. The zero-order valence-electron chi connectivity index (χ0n) is 12.3. The summed E-state index contributed by atoms with van der Waals surface area (Å²) in [6.07, 6.45) is 7.97. The summed E-state index contributed by atoms with van der Waals surface area (Å²) in [4.78, 5) is 14.0. The Kier molecular flexibility index (Phi) is 4.52. The standard InChI is InChI=1S/C17H19FN2OS/c18-14-8-6-12(7-9-14)10-15-16(21)19-17(22)20(15)11-13-4-2-1-3-5-13/h6-10,13H,1-5,11H2,(H,19,21,22)/b15-10+. The molecule has 2 aliphatic rings. The zero-order chi connectivity index (χ0) is 15.5. The third-order valence-corrected chi connectivity index (χ3v) is 4.65. The number of carbonyl (C=O) groups is 1. The Balaban J connectivity index is 1.81. The van der Waals surface area contributed by atoms with Crippen LogP contribution in [0.25, 0.3) is 6.08 Å². The van der Waals surface area contributed by atoms with Gasteiger partial charge >= 0.3 is 0 Å². The topological polar surface area (TPSA) is 32.3 Å². The van der Waals surface area contributed by atoms with E-state index in [9.17, 15) is 9.18 Å². The van der Waals surface area contributed by atoms with Crippen LogP contribution in [0.2, 0.25) is 0 Å². The van der Waals surface area contributed by atoms with E-state index in [1.165, 1.54) is 44.2 Å². The number of rotatable bonds is 3. The number of thiocarbonyl (C=S) groups is 1. The van der Waals surface area contributed by atoms with Crippen molar-refractivity contribution >= 4 is 29.3 Å². The van der Waals surface area contributed by atoms with E-state index in [1.807, 2.05) is 4.90 Å². The van der Waals surface area contributed by atoms with Crippen molar-refractivity contribution in [2.24, 2.45) is 5.92 Å². The van der Waals surface area contributed by atoms with Gasteiger partial charge in [0.05, 0.1) is 0 Å². The molecule has 1 amide bonds. The summed E-state index contributed by atoms with van der Waals surface area (Å²) in [6.45, 7) is 0.782. The minimum Gasteiger partial charge on any atom is -0.314 e. The van der Waals surface area contributed by atoms with Crippen LogP contribution in [-0.2, 0) is 4.79 Å². The van der Waals surface area contributed by atoms with E-state index in [2.05, 4.69) is 5.32 Å². The molecule has 1 aromatic carbocycles. The van der Waals surface area contributed by atoms with Gasteiger partial charge in [-0.2, -0.15) is 0 Å². The number of carbonyl (C=O) groups excluding carboxylic acids is 1. The maximum Gasteiger partial charge on any atom is 0.274 e. The van der Waals surface area contributed by atoms with Gasteiger partial charge in [-0.3, -0.25) is 10.1 Å². The SMILES string of the molecule is O=C1NC(=S)N(CC2CCCCC2)/C1=C/c1ccc(F)cc1. The van der Waals surface area contributed by atoms with Gasteiger partial charge in [0.1, 0.15) is 11.5 Å². The molecule has 1 saturated carbocycles. The average molecular weight is 318 g/mol. The summed E-state index contributed by atoms with van der Waals surface area (Å²) in [6, 6.07) is 6.11. The minimum absolute atomic E-state index is 0.176. The number of benzene rings is 1. The predicted octanol–water partition coefficient (Wildman–Crippen LogP) is 3.46. The molecule has 0 radical (unpaired) electrons. The average Bonchev–Trinajstić information content (AvgIpc) is 2.77. The molecule has 1 N–H and O–H groups in total. The van der Waals surface area contributed by atoms with Crippen molar-refractivity contribution in [2.75, 3.05) is 6.54 Å². The molecule has 116 valence electrons. The van der Waals surface area contributed by atoms with Crippen LogP contribution in [0.3, 0.4) is 0 Å². The summed E-state index contributed by atoms with van der Waals surface area (Å²) in [5, 5.41) is 3.19. The molecule has 0 bridgehead atoms. The first kappa shape index (κ1) is 15.2. The molecule has 0 aromatic heterocycles. The van der Waals surface area contributed by atoms with Crippen LogP contribution in [0.4, 0.5) is 4.39 Å². The summed E-state index contributed by atoms with van der Waals surface area (Å²) in [5.74, 6) is 0.119. The lowest BCUT2D eigenvalue weighted by atomic mass is 9.89. The molecular formula is C17H19FN2OS. The number of nitrogens with zero attached hydrogens (tertiary/aromatic N) is 1. The van der Waals surface area contributed by atoms with Crippen molar-refractivity contribution in [1.82, 2.24) is 10.2 Å². The first-order chi connectivity index (χ1) is 10.6. The van der Waals surface area contributed by atoms with Gasteiger partial charge < -0.3 is 4.90 Å². The zero-order valence-corrected chi connectivity index (χ0v) is 13.2. The van der Waals surface area contributed by atoms with Gasteiger partial charge in [0.2, 0.25) is 0 Å². The van der Waals surface area contributed by atoms with Crippen LogP contribution >= 0.6 is 12.2 Å². The van der Waals surface area contributed by atoms with Gasteiger partial charge in [0.25, 0.3) is 5.91 Å². The van der Waals surface area contributed by atoms with Crippen LogP contribution in [0.1, 0.15) is 37.7 Å². The fourth-order valence-corrected chi connectivity index (χ4v) is 3.40. The highest BCUT2D eigenvalue weighted by Crippen LogP contribution is 2.27. The molecule has 0 spiro atoms. The van der Waals surface area contributed by atoms with Gasteiger partial charge in [0.15, 0.2) is 5.11 Å². The Morgan fingerprint density at radius 2 is 1.91 bits per heavy atom. The third-order valence-electron chi connectivity index (χ3n) is 4.33. The molecule has 22 heavy (non-hydrogen) atoms. The van der Waals surface area contributed by atoms with Crippen LogP contribution in [0.5, 0.6) is 0 Å².